The van der Waals surface area contributed by atoms with Gasteiger partial charge in [-0.25, -0.2) is 0 Å². The van der Waals surface area contributed by atoms with E-state index in [0.717, 1.165) is 0 Å². The summed E-state index contributed by atoms with van der Waals surface area (Å²) in [5.74, 6) is -0.640. The van der Waals surface area contributed by atoms with Crippen LogP contribution in [0, 0.1) is 0 Å². The first-order valence-electron chi connectivity index (χ1n) is 20.6. The van der Waals surface area contributed by atoms with Crippen molar-refractivity contribution in [3.05, 3.63) is 121 Å². The van der Waals surface area contributed by atoms with Crippen LogP contribution in [0.1, 0.15) is 27.4 Å². The smallest absolute Gasteiger partial charge is 0.139 e. The molecule has 0 aliphatic carbocycles. The second kappa shape index (κ2) is 7.34. The summed E-state index contributed by atoms with van der Waals surface area (Å²) in [6.45, 7) is 0. The molecular weight excluding hydrogens is 440 g/mol. The van der Waals surface area contributed by atoms with Gasteiger partial charge in [-0.05, 0) is 50.8 Å². The Morgan fingerprint density at radius 2 is 1.00 bits per heavy atom. The fraction of sp³-hybridized carbons (Fsp3) is 0. The first-order chi connectivity index (χ1) is 26.2. The maximum Gasteiger partial charge on any atom is 0.139 e. The van der Waals surface area contributed by atoms with Crippen LogP contribution in [0.5, 0.6) is 0 Å². The van der Waals surface area contributed by atoms with Crippen molar-refractivity contribution in [3.8, 4) is 22.5 Å². The molecule has 0 atom stereocenters. The van der Waals surface area contributed by atoms with Crippen molar-refractivity contribution in [2.45, 2.75) is 0 Å². The maximum atomic E-state index is 9.37. The Bertz CT molecular complexity index is 3090. The van der Waals surface area contributed by atoms with Gasteiger partial charge in [0, 0.05) is 27.8 Å². The summed E-state index contributed by atoms with van der Waals surface area (Å²) >= 11 is 0. The zero-order valence-electron chi connectivity index (χ0n) is 37.8. The zero-order chi connectivity index (χ0) is 41.0. The third-order valence-electron chi connectivity index (χ3n) is 5.83. The number of rotatable bonds is 2. The quantitative estimate of drug-likeness (QED) is 0.230. The van der Waals surface area contributed by atoms with Gasteiger partial charge in [0.15, 0.2) is 0 Å². The van der Waals surface area contributed by atoms with E-state index in [1.54, 1.807) is 0 Å². The normalized spacial score (nSPS) is 19.7. The van der Waals surface area contributed by atoms with Gasteiger partial charge in [0.2, 0.25) is 0 Å². The Hall–Kier alpha value is -4.82. The molecule has 2 aromatic heterocycles. The van der Waals surface area contributed by atoms with E-state index in [0.29, 0.717) is 0 Å². The molecule has 8 rings (SSSR count). The standard InChI is InChI=1S/C34H20O2/c1-2-10-21(11-3-1)33-24-13-4-6-15-26(24)34(27-16-7-5-14-25(27)33)32-19-22-18-28-23-12-8-9-17-29(23)35-31(28)20-30(22)36-32/h1-20H/i1D,2D,3D,4D,5D,6D,7D,8D,9D,10D,11D,12D,13D,14D,15D,16D,17D,18D,19D,20D. The Morgan fingerprint density at radius 3 is 1.69 bits per heavy atom. The number of fused-ring (bicyclic) bond motifs is 6. The van der Waals surface area contributed by atoms with Gasteiger partial charge in [0.25, 0.3) is 0 Å². The van der Waals surface area contributed by atoms with Crippen LogP contribution in [0.25, 0.3) is 76.9 Å². The first-order valence-corrected chi connectivity index (χ1v) is 10.6. The Labute approximate surface area is 235 Å². The molecule has 2 heterocycles. The van der Waals surface area contributed by atoms with Crippen LogP contribution in [-0.4, -0.2) is 0 Å². The lowest BCUT2D eigenvalue weighted by Crippen LogP contribution is -1.89. The average molecular weight is 481 g/mol. The van der Waals surface area contributed by atoms with Crippen molar-refractivity contribution in [2.75, 3.05) is 0 Å². The molecule has 0 N–H and O–H groups in total. The second-order valence-electron chi connectivity index (χ2n) is 7.77. The Kier molecular flexibility index (Phi) is 1.71. The van der Waals surface area contributed by atoms with E-state index in [2.05, 4.69) is 0 Å². The van der Waals surface area contributed by atoms with E-state index >= 15 is 0 Å². The topological polar surface area (TPSA) is 26.3 Å². The Morgan fingerprint density at radius 1 is 0.417 bits per heavy atom. The van der Waals surface area contributed by atoms with E-state index in [4.69, 9.17) is 33.5 Å². The van der Waals surface area contributed by atoms with E-state index in [1.165, 1.54) is 0 Å². The van der Waals surface area contributed by atoms with Crippen molar-refractivity contribution in [1.82, 2.24) is 0 Å². The molecule has 0 bridgehead atoms. The van der Waals surface area contributed by atoms with Gasteiger partial charge >= 0.3 is 0 Å². The predicted molar refractivity (Wildman–Crippen MR) is 149 cm³/mol. The summed E-state index contributed by atoms with van der Waals surface area (Å²) in [5.41, 5.74) is -2.97. The van der Waals surface area contributed by atoms with Crippen LogP contribution in [0.4, 0.5) is 0 Å². The lowest BCUT2D eigenvalue weighted by Gasteiger charge is -2.16. The number of para-hydroxylation sites is 1. The average Bonchev–Trinajstić information content (AvgIpc) is 3.75. The van der Waals surface area contributed by atoms with E-state index in [9.17, 15) is 2.74 Å². The predicted octanol–water partition coefficient (Wildman–Crippen LogP) is 9.97. The monoisotopic (exact) mass is 480 g/mol. The highest BCUT2D eigenvalue weighted by Gasteiger charge is 2.19. The minimum Gasteiger partial charge on any atom is -0.456 e. The molecule has 0 spiro atoms. The van der Waals surface area contributed by atoms with E-state index in [-0.39, 0.29) is 16.4 Å². The molecule has 36 heavy (non-hydrogen) atoms. The van der Waals surface area contributed by atoms with Gasteiger partial charge in [-0.2, -0.15) is 0 Å². The molecule has 168 valence electrons. The van der Waals surface area contributed by atoms with Crippen molar-refractivity contribution in [3.63, 3.8) is 0 Å². The summed E-state index contributed by atoms with van der Waals surface area (Å²) in [5, 5.41) is -3.10. The van der Waals surface area contributed by atoms with Gasteiger partial charge in [-0.15, -0.1) is 0 Å². The minimum absolute atomic E-state index is 0.254. The molecule has 0 aliphatic heterocycles. The minimum atomic E-state index is -0.850. The highest BCUT2D eigenvalue weighted by molar-refractivity contribution is 6.21. The number of hydrogen-bond donors (Lipinski definition) is 0. The Balaban J connectivity index is 1.69. The van der Waals surface area contributed by atoms with Gasteiger partial charge < -0.3 is 8.83 Å². The molecule has 0 saturated carbocycles. The van der Waals surface area contributed by atoms with Crippen molar-refractivity contribution in [1.29, 1.82) is 0 Å². The number of hydrogen-bond acceptors (Lipinski definition) is 2. The van der Waals surface area contributed by atoms with Crippen molar-refractivity contribution in [2.24, 2.45) is 0 Å². The lowest BCUT2D eigenvalue weighted by atomic mass is 9.87. The van der Waals surface area contributed by atoms with Crippen LogP contribution in [-0.2, 0) is 0 Å². The molecule has 8 aromatic rings. The lowest BCUT2D eigenvalue weighted by molar-refractivity contribution is 0.629. The van der Waals surface area contributed by atoms with E-state index in [1.807, 2.05) is 0 Å². The fourth-order valence-corrected chi connectivity index (χ4v) is 4.37. The molecule has 2 nitrogen and oxygen atoms in total. The largest absolute Gasteiger partial charge is 0.456 e. The summed E-state index contributed by atoms with van der Waals surface area (Å²) < 4.78 is 186. The first kappa shape index (κ1) is 8.39. The van der Waals surface area contributed by atoms with Crippen LogP contribution in [0.2, 0.25) is 0 Å². The summed E-state index contributed by atoms with van der Waals surface area (Å²) in [6, 6.07) is -15.3. The third kappa shape index (κ3) is 2.73. The van der Waals surface area contributed by atoms with Crippen LogP contribution in [0.15, 0.2) is 130 Å². The number of benzene rings is 6. The zero-order valence-corrected chi connectivity index (χ0v) is 17.8. The molecular formula is C34H20O2. The van der Waals surface area contributed by atoms with Crippen molar-refractivity contribution >= 4 is 54.5 Å². The maximum absolute atomic E-state index is 9.37. The molecule has 0 radical (unpaired) electrons. The van der Waals surface area contributed by atoms with Gasteiger partial charge in [0.05, 0.1) is 27.4 Å². The molecule has 0 unspecified atom stereocenters. The summed E-state index contributed by atoms with van der Waals surface area (Å²) in [4.78, 5) is 0. The van der Waals surface area contributed by atoms with Crippen LogP contribution < -0.4 is 0 Å². The van der Waals surface area contributed by atoms with Crippen LogP contribution in [0.3, 0.4) is 0 Å². The SMILES string of the molecule is [2H]c1c([2H])c([2H])c(-c2c3c([2H])c([2H])c([2H])c([2H])c3c(-c3oc4c([2H])c5oc6c([2H])c([2H])c([2H])c([2H])c6c5c([2H])c4c3[2H])c3c([2H])c([2H])c([2H])c([2H])c23)c([2H])c1[2H]. The van der Waals surface area contributed by atoms with Crippen LogP contribution >= 0.6 is 0 Å². The highest BCUT2D eigenvalue weighted by Crippen LogP contribution is 2.45. The number of furan rings is 2. The molecule has 0 aliphatic rings. The molecule has 6 aromatic carbocycles. The highest BCUT2D eigenvalue weighted by atomic mass is 16.3. The van der Waals surface area contributed by atoms with Gasteiger partial charge in [-0.1, -0.05) is 96.7 Å². The second-order valence-corrected chi connectivity index (χ2v) is 7.77. The molecule has 0 saturated heterocycles. The summed E-state index contributed by atoms with van der Waals surface area (Å²) in [7, 11) is 0. The van der Waals surface area contributed by atoms with Gasteiger partial charge in [0.1, 0.15) is 22.5 Å². The third-order valence-corrected chi connectivity index (χ3v) is 5.83. The van der Waals surface area contributed by atoms with Gasteiger partial charge in [-0.3, -0.25) is 0 Å². The fourth-order valence-electron chi connectivity index (χ4n) is 4.37. The van der Waals surface area contributed by atoms with Crippen molar-refractivity contribution < 1.29 is 36.2 Å². The molecule has 0 fully saturated rings. The molecule has 0 amide bonds. The summed E-state index contributed by atoms with van der Waals surface area (Å²) in [6.07, 6.45) is 0. The van der Waals surface area contributed by atoms with E-state index < -0.39 is 181 Å². The molecule has 2 heteroatoms.